The van der Waals surface area contributed by atoms with Crippen LogP contribution in [0.25, 0.3) is 11.4 Å². The summed E-state index contributed by atoms with van der Waals surface area (Å²) in [7, 11) is 0. The summed E-state index contributed by atoms with van der Waals surface area (Å²) in [5.41, 5.74) is 9.48. The number of nitrogens with two attached hydrogens (primary N) is 1. The standard InChI is InChI=1S/C22H31N5/c1-3-15(4-2)20-12-21(26-22(25-20)16-5-8-24-9-6-16)19-14-27-10-7-17(19)11-18(27)13-23/h5-6,8-9,12,15,17-19H,3-4,7,10-11,13-14,23H2,1-2H3/t17-,18?,19-/m0/s1. The molecule has 3 saturated heterocycles. The summed E-state index contributed by atoms with van der Waals surface area (Å²) in [6.45, 7) is 7.55. The Bertz CT molecular complexity index is 759. The molecule has 2 N–H and O–H groups in total. The summed E-state index contributed by atoms with van der Waals surface area (Å²) >= 11 is 0. The molecule has 3 aliphatic rings. The Labute approximate surface area is 162 Å². The molecule has 2 aromatic heterocycles. The molecule has 0 aromatic carbocycles. The molecule has 0 spiro atoms. The van der Waals surface area contributed by atoms with Crippen molar-refractivity contribution in [2.45, 2.75) is 57.4 Å². The van der Waals surface area contributed by atoms with E-state index in [1.165, 1.54) is 30.8 Å². The van der Waals surface area contributed by atoms with Gasteiger partial charge in [-0.2, -0.15) is 0 Å². The van der Waals surface area contributed by atoms with E-state index in [0.29, 0.717) is 23.8 Å². The van der Waals surface area contributed by atoms with Gasteiger partial charge in [0, 0.05) is 60.3 Å². The molecule has 2 aromatic rings. The van der Waals surface area contributed by atoms with E-state index < -0.39 is 0 Å². The number of nitrogens with zero attached hydrogens (tertiary/aromatic N) is 4. The molecule has 0 amide bonds. The summed E-state index contributed by atoms with van der Waals surface area (Å²) in [6, 6.07) is 6.87. The summed E-state index contributed by atoms with van der Waals surface area (Å²) in [4.78, 5) is 16.7. The number of rotatable bonds is 6. The first-order chi connectivity index (χ1) is 13.2. The lowest BCUT2D eigenvalue weighted by Crippen LogP contribution is -2.55. The van der Waals surface area contributed by atoms with Gasteiger partial charge in [-0.1, -0.05) is 13.8 Å². The van der Waals surface area contributed by atoms with Crippen LogP contribution in [0.4, 0.5) is 0 Å². The maximum absolute atomic E-state index is 6.00. The first-order valence-corrected chi connectivity index (χ1v) is 10.5. The fraction of sp³-hybridized carbons (Fsp3) is 0.591. The van der Waals surface area contributed by atoms with E-state index >= 15 is 0 Å². The van der Waals surface area contributed by atoms with Crippen molar-refractivity contribution in [2.24, 2.45) is 11.7 Å². The molecule has 3 aliphatic heterocycles. The van der Waals surface area contributed by atoms with Crippen molar-refractivity contribution in [3.8, 4) is 11.4 Å². The summed E-state index contributed by atoms with van der Waals surface area (Å²) in [5.74, 6) is 2.53. The molecule has 0 saturated carbocycles. The SMILES string of the molecule is CCC(CC)c1cc([C@H]2CN3CC[C@H]2CC3CN)nc(-c2ccncc2)n1. The predicted molar refractivity (Wildman–Crippen MR) is 108 cm³/mol. The van der Waals surface area contributed by atoms with E-state index in [1.54, 1.807) is 0 Å². The summed E-state index contributed by atoms with van der Waals surface area (Å²) in [5, 5.41) is 0. The van der Waals surface area contributed by atoms with Gasteiger partial charge >= 0.3 is 0 Å². The lowest BCUT2D eigenvalue weighted by molar-refractivity contribution is 0.0333. The van der Waals surface area contributed by atoms with Crippen molar-refractivity contribution in [3.05, 3.63) is 42.0 Å². The molecule has 0 radical (unpaired) electrons. The van der Waals surface area contributed by atoms with Gasteiger partial charge in [0.1, 0.15) is 0 Å². The number of piperidine rings is 3. The van der Waals surface area contributed by atoms with E-state index in [2.05, 4.69) is 29.8 Å². The minimum absolute atomic E-state index is 0.491. The highest BCUT2D eigenvalue weighted by atomic mass is 15.2. The highest BCUT2D eigenvalue weighted by molar-refractivity contribution is 5.54. The lowest BCUT2D eigenvalue weighted by Gasteiger charge is -2.49. The van der Waals surface area contributed by atoms with Crippen LogP contribution >= 0.6 is 0 Å². The van der Waals surface area contributed by atoms with Crippen LogP contribution in [0.2, 0.25) is 0 Å². The van der Waals surface area contributed by atoms with Crippen LogP contribution in [-0.2, 0) is 0 Å². The first kappa shape index (κ1) is 18.5. The zero-order chi connectivity index (χ0) is 18.8. The Morgan fingerprint density at radius 2 is 1.96 bits per heavy atom. The molecule has 5 heteroatoms. The number of hydrogen-bond acceptors (Lipinski definition) is 5. The zero-order valence-electron chi connectivity index (χ0n) is 16.5. The second-order valence-electron chi connectivity index (χ2n) is 8.07. The van der Waals surface area contributed by atoms with Crippen LogP contribution in [-0.4, -0.2) is 45.5 Å². The monoisotopic (exact) mass is 365 g/mol. The van der Waals surface area contributed by atoms with Gasteiger partial charge in [0.25, 0.3) is 0 Å². The van der Waals surface area contributed by atoms with Crippen LogP contribution in [0.1, 0.15) is 62.8 Å². The first-order valence-electron chi connectivity index (χ1n) is 10.5. The van der Waals surface area contributed by atoms with E-state index in [1.807, 2.05) is 24.5 Å². The average Bonchev–Trinajstić information content (AvgIpc) is 2.75. The van der Waals surface area contributed by atoms with Gasteiger partial charge in [-0.3, -0.25) is 9.88 Å². The second kappa shape index (κ2) is 8.03. The van der Waals surface area contributed by atoms with Gasteiger partial charge in [-0.25, -0.2) is 9.97 Å². The van der Waals surface area contributed by atoms with Gasteiger partial charge in [0.15, 0.2) is 5.82 Å². The molecule has 5 nitrogen and oxygen atoms in total. The normalized spacial score (nSPS) is 27.3. The van der Waals surface area contributed by atoms with Crippen molar-refractivity contribution in [1.29, 1.82) is 0 Å². The Morgan fingerprint density at radius 3 is 2.59 bits per heavy atom. The van der Waals surface area contributed by atoms with Crippen LogP contribution in [0.3, 0.4) is 0 Å². The molecule has 5 rings (SSSR count). The molecule has 2 unspecified atom stereocenters. The predicted octanol–water partition coefficient (Wildman–Crippen LogP) is 3.58. The maximum Gasteiger partial charge on any atom is 0.159 e. The Kier molecular flexibility index (Phi) is 5.50. The van der Waals surface area contributed by atoms with Gasteiger partial charge in [-0.15, -0.1) is 0 Å². The molecule has 4 atom stereocenters. The average molecular weight is 366 g/mol. The molecule has 3 fully saturated rings. The smallest absolute Gasteiger partial charge is 0.159 e. The van der Waals surface area contributed by atoms with Crippen molar-refractivity contribution < 1.29 is 0 Å². The molecule has 144 valence electrons. The molecule has 5 heterocycles. The number of aromatic nitrogens is 3. The third kappa shape index (κ3) is 3.63. The van der Waals surface area contributed by atoms with Crippen LogP contribution in [0, 0.1) is 5.92 Å². The van der Waals surface area contributed by atoms with Gasteiger partial charge in [0.2, 0.25) is 0 Å². The van der Waals surface area contributed by atoms with E-state index in [9.17, 15) is 0 Å². The molecular formula is C22H31N5. The second-order valence-corrected chi connectivity index (χ2v) is 8.07. The van der Waals surface area contributed by atoms with Gasteiger partial charge < -0.3 is 5.73 Å². The maximum atomic E-state index is 6.00. The van der Waals surface area contributed by atoms with Gasteiger partial charge in [0.05, 0.1) is 0 Å². The molecular weight excluding hydrogens is 334 g/mol. The van der Waals surface area contributed by atoms with Crippen LogP contribution < -0.4 is 5.73 Å². The highest BCUT2D eigenvalue weighted by Gasteiger charge is 2.41. The van der Waals surface area contributed by atoms with Crippen molar-refractivity contribution >= 4 is 0 Å². The summed E-state index contributed by atoms with van der Waals surface area (Å²) < 4.78 is 0. The minimum atomic E-state index is 0.491. The number of hydrogen-bond donors (Lipinski definition) is 1. The lowest BCUT2D eigenvalue weighted by atomic mass is 9.74. The van der Waals surface area contributed by atoms with Crippen molar-refractivity contribution in [2.75, 3.05) is 19.6 Å². The fourth-order valence-corrected chi connectivity index (χ4v) is 4.94. The van der Waals surface area contributed by atoms with Crippen molar-refractivity contribution in [1.82, 2.24) is 19.9 Å². The Balaban J connectivity index is 1.73. The molecule has 2 bridgehead atoms. The van der Waals surface area contributed by atoms with Gasteiger partial charge in [-0.05, 0) is 56.3 Å². The zero-order valence-corrected chi connectivity index (χ0v) is 16.5. The van der Waals surface area contributed by atoms with E-state index in [-0.39, 0.29) is 0 Å². The van der Waals surface area contributed by atoms with E-state index in [4.69, 9.17) is 15.7 Å². The largest absolute Gasteiger partial charge is 0.329 e. The molecule has 27 heavy (non-hydrogen) atoms. The molecule has 0 aliphatic carbocycles. The van der Waals surface area contributed by atoms with Crippen LogP contribution in [0.15, 0.2) is 30.6 Å². The van der Waals surface area contributed by atoms with E-state index in [0.717, 1.165) is 37.3 Å². The quantitative estimate of drug-likeness (QED) is 0.847. The third-order valence-electron chi connectivity index (χ3n) is 6.64. The number of fused-ring (bicyclic) bond motifs is 3. The topological polar surface area (TPSA) is 67.9 Å². The van der Waals surface area contributed by atoms with Crippen LogP contribution in [0.5, 0.6) is 0 Å². The fourth-order valence-electron chi connectivity index (χ4n) is 4.94. The van der Waals surface area contributed by atoms with Crippen molar-refractivity contribution in [3.63, 3.8) is 0 Å². The minimum Gasteiger partial charge on any atom is -0.329 e. The highest BCUT2D eigenvalue weighted by Crippen LogP contribution is 2.42. The number of pyridine rings is 1. The Hall–Kier alpha value is -1.85. The third-order valence-corrected chi connectivity index (χ3v) is 6.64. The Morgan fingerprint density at radius 1 is 1.19 bits per heavy atom. The summed E-state index contributed by atoms with van der Waals surface area (Å²) in [6.07, 6.45) is 8.33.